The number of sulfonamides is 1. The number of hydrogen-bond acceptors (Lipinski definition) is 8. The number of aryl methyl sites for hydroxylation is 3. The molecule has 0 radical (unpaired) electrons. The second kappa shape index (κ2) is 14.7. The van der Waals surface area contributed by atoms with Crippen molar-refractivity contribution in [2.45, 2.75) is 96.5 Å². The lowest BCUT2D eigenvalue weighted by Crippen LogP contribution is -2.43. The summed E-state index contributed by atoms with van der Waals surface area (Å²) in [5, 5.41) is 13.2. The van der Waals surface area contributed by atoms with Crippen LogP contribution in [0.5, 0.6) is 0 Å². The zero-order valence-corrected chi connectivity index (χ0v) is 28.4. The van der Waals surface area contributed by atoms with E-state index >= 15 is 0 Å². The van der Waals surface area contributed by atoms with E-state index in [0.29, 0.717) is 23.9 Å². The van der Waals surface area contributed by atoms with Gasteiger partial charge in [0.1, 0.15) is 0 Å². The number of aromatic carboxylic acids is 1. The lowest BCUT2D eigenvalue weighted by molar-refractivity contribution is -0.146. The van der Waals surface area contributed by atoms with Gasteiger partial charge in [-0.15, -0.1) is 0 Å². The third-order valence-electron chi connectivity index (χ3n) is 8.47. The molecule has 0 spiro atoms. The molecule has 46 heavy (non-hydrogen) atoms. The molecule has 1 aromatic heterocycles. The van der Waals surface area contributed by atoms with Crippen LogP contribution in [0.3, 0.4) is 0 Å². The molecule has 1 aliphatic rings. The van der Waals surface area contributed by atoms with Gasteiger partial charge in [0.15, 0.2) is 0 Å². The zero-order valence-electron chi connectivity index (χ0n) is 27.6. The summed E-state index contributed by atoms with van der Waals surface area (Å²) in [5.41, 5.74) is 4.15. The molecule has 0 saturated heterocycles. The number of methoxy groups -OCH3 is 1. The summed E-state index contributed by atoms with van der Waals surface area (Å²) in [6, 6.07) is 13.5. The Labute approximate surface area is 272 Å². The first-order chi connectivity index (χ1) is 21.6. The second-order valence-electron chi connectivity index (χ2n) is 13.5. The molecular weight excluding hydrogens is 604 g/mol. The van der Waals surface area contributed by atoms with E-state index in [1.165, 1.54) is 25.3 Å². The van der Waals surface area contributed by atoms with Gasteiger partial charge < -0.3 is 15.2 Å². The van der Waals surface area contributed by atoms with Crippen molar-refractivity contribution >= 4 is 27.9 Å². The van der Waals surface area contributed by atoms with Gasteiger partial charge in [0.05, 0.1) is 29.2 Å². The van der Waals surface area contributed by atoms with Gasteiger partial charge in [-0.2, -0.15) is 0 Å². The summed E-state index contributed by atoms with van der Waals surface area (Å²) in [6.45, 7) is 10.6. The van der Waals surface area contributed by atoms with Gasteiger partial charge in [0.25, 0.3) is 10.0 Å². The Morgan fingerprint density at radius 3 is 2.26 bits per heavy atom. The van der Waals surface area contributed by atoms with Crippen LogP contribution in [0.4, 0.5) is 5.95 Å². The monoisotopic (exact) mass is 650 g/mol. The molecule has 0 amide bonds. The third-order valence-corrected chi connectivity index (χ3v) is 9.80. The van der Waals surface area contributed by atoms with Crippen molar-refractivity contribution < 1.29 is 27.9 Å². The molecule has 248 valence electrons. The fourth-order valence-electron chi connectivity index (χ4n) is 6.29. The summed E-state index contributed by atoms with van der Waals surface area (Å²) >= 11 is 0. The lowest BCUT2D eigenvalue weighted by Gasteiger charge is -2.34. The largest absolute Gasteiger partial charge is 0.478 e. The number of anilines is 1. The molecule has 3 N–H and O–H groups in total. The van der Waals surface area contributed by atoms with E-state index < -0.39 is 16.0 Å². The maximum atomic E-state index is 13.4. The molecule has 1 aliphatic carbocycles. The predicted molar refractivity (Wildman–Crippen MR) is 178 cm³/mol. The molecule has 0 bridgehead atoms. The highest BCUT2D eigenvalue weighted by Gasteiger charge is 2.29. The Hall–Kier alpha value is -3.83. The number of ether oxygens (including phenoxy) is 1. The van der Waals surface area contributed by atoms with E-state index in [4.69, 9.17) is 4.74 Å². The molecule has 0 aliphatic heterocycles. The van der Waals surface area contributed by atoms with E-state index in [-0.39, 0.29) is 39.8 Å². The summed E-state index contributed by atoms with van der Waals surface area (Å²) in [6.07, 6.45) is 5.68. The fourth-order valence-corrected chi connectivity index (χ4v) is 7.28. The first kappa shape index (κ1) is 35.0. The van der Waals surface area contributed by atoms with Crippen molar-refractivity contribution in [2.75, 3.05) is 11.8 Å². The lowest BCUT2D eigenvalue weighted by atomic mass is 9.83. The van der Waals surface area contributed by atoms with Crippen LogP contribution >= 0.6 is 0 Å². The van der Waals surface area contributed by atoms with Gasteiger partial charge in [-0.05, 0) is 99.6 Å². The first-order valence-corrected chi connectivity index (χ1v) is 17.3. The second-order valence-corrected chi connectivity index (χ2v) is 15.2. The normalized spacial score (nSPS) is 17.7. The molecule has 1 saturated carbocycles. The number of carboxylic acids is 1. The van der Waals surface area contributed by atoms with Crippen molar-refractivity contribution in [2.24, 2.45) is 11.3 Å². The van der Waals surface area contributed by atoms with Crippen LogP contribution in [0.25, 0.3) is 11.3 Å². The molecule has 1 atom stereocenters. The van der Waals surface area contributed by atoms with Crippen molar-refractivity contribution in [1.82, 2.24) is 15.3 Å². The topological polar surface area (TPSA) is 148 Å². The van der Waals surface area contributed by atoms with Crippen molar-refractivity contribution in [3.05, 3.63) is 70.9 Å². The van der Waals surface area contributed by atoms with Gasteiger partial charge in [0.2, 0.25) is 5.95 Å². The summed E-state index contributed by atoms with van der Waals surface area (Å²) in [4.78, 5) is 32.6. The maximum absolute atomic E-state index is 13.4. The highest BCUT2D eigenvalue weighted by atomic mass is 32.2. The van der Waals surface area contributed by atoms with E-state index in [9.17, 15) is 23.1 Å². The van der Waals surface area contributed by atoms with Crippen LogP contribution in [-0.4, -0.2) is 54.6 Å². The van der Waals surface area contributed by atoms with Gasteiger partial charge in [-0.25, -0.2) is 27.9 Å². The van der Waals surface area contributed by atoms with Gasteiger partial charge in [0, 0.05) is 23.3 Å². The van der Waals surface area contributed by atoms with Crippen LogP contribution in [0.1, 0.15) is 86.5 Å². The maximum Gasteiger partial charge on any atom is 0.335 e. The fraction of sp³-hybridized carbons (Fsp3) is 0.486. The number of nitrogens with one attached hydrogen (secondary N) is 2. The average Bonchev–Trinajstić information content (AvgIpc) is 2.99. The molecule has 0 unspecified atom stereocenters. The Kier molecular flexibility index (Phi) is 11.2. The smallest absolute Gasteiger partial charge is 0.335 e. The van der Waals surface area contributed by atoms with Crippen LogP contribution in [0, 0.1) is 25.2 Å². The van der Waals surface area contributed by atoms with Crippen molar-refractivity contribution in [1.29, 1.82) is 0 Å². The standard InChI is InChI=1S/C35H46N4O6S/c1-22-9-7-10-23(2)31(22)30-20-27(37-34(38-30)39-46(43,44)29-12-8-11-25(19-29)32(40)41)17-18-28(21-35(3,4)5)36-26-15-13-24(14-16-26)33(42)45-6/h7-12,19-20,24,26,28,36H,13-18,21H2,1-6H3,(H,40,41)(H,37,38,39)/t24?,26?,28-/m0/s1. The minimum atomic E-state index is -4.18. The summed E-state index contributed by atoms with van der Waals surface area (Å²) in [5.74, 6) is -1.46. The number of esters is 1. The number of benzene rings is 2. The minimum Gasteiger partial charge on any atom is -0.478 e. The van der Waals surface area contributed by atoms with Gasteiger partial charge in [-0.1, -0.05) is 45.0 Å². The predicted octanol–water partition coefficient (Wildman–Crippen LogP) is 6.32. The third kappa shape index (κ3) is 9.35. The molecule has 1 fully saturated rings. The number of carboxylic acid groups (broad SMARTS) is 1. The number of rotatable bonds is 12. The minimum absolute atomic E-state index is 0.0396. The van der Waals surface area contributed by atoms with Crippen LogP contribution in [0.2, 0.25) is 0 Å². The van der Waals surface area contributed by atoms with Gasteiger partial charge in [-0.3, -0.25) is 4.79 Å². The number of aromatic nitrogens is 2. The van der Waals surface area contributed by atoms with Gasteiger partial charge >= 0.3 is 11.9 Å². The molecule has 1 heterocycles. The van der Waals surface area contributed by atoms with Crippen molar-refractivity contribution in [3.63, 3.8) is 0 Å². The van der Waals surface area contributed by atoms with E-state index in [0.717, 1.165) is 61.3 Å². The SMILES string of the molecule is COC(=O)C1CCC(N[C@@H](CCc2cc(-c3c(C)cccc3C)nc(NS(=O)(=O)c3cccc(C(=O)O)c3)n2)CC(C)(C)C)CC1. The quantitative estimate of drug-likeness (QED) is 0.192. The van der Waals surface area contributed by atoms with Crippen LogP contribution in [-0.2, 0) is 26.0 Å². The van der Waals surface area contributed by atoms with E-state index in [2.05, 4.69) is 40.8 Å². The average molecular weight is 651 g/mol. The number of carbonyl (C=O) groups excluding carboxylic acids is 1. The van der Waals surface area contributed by atoms with Crippen LogP contribution in [0.15, 0.2) is 53.4 Å². The molecule has 3 aromatic rings. The Morgan fingerprint density at radius 2 is 1.65 bits per heavy atom. The number of nitrogens with zero attached hydrogens (tertiary/aromatic N) is 2. The molecule has 11 heteroatoms. The first-order valence-electron chi connectivity index (χ1n) is 15.8. The summed E-state index contributed by atoms with van der Waals surface area (Å²) in [7, 11) is -2.73. The number of hydrogen-bond donors (Lipinski definition) is 3. The summed E-state index contributed by atoms with van der Waals surface area (Å²) < 4.78 is 34.2. The molecule has 2 aromatic carbocycles. The molecular formula is C35H46N4O6S. The Morgan fingerprint density at radius 1 is 1.00 bits per heavy atom. The van der Waals surface area contributed by atoms with Crippen LogP contribution < -0.4 is 10.0 Å². The Balaban J connectivity index is 1.62. The van der Waals surface area contributed by atoms with E-state index in [1.807, 2.05) is 38.1 Å². The highest BCUT2D eigenvalue weighted by molar-refractivity contribution is 7.92. The number of carbonyl (C=O) groups is 2. The highest BCUT2D eigenvalue weighted by Crippen LogP contribution is 2.30. The molecule has 10 nitrogen and oxygen atoms in total. The van der Waals surface area contributed by atoms with E-state index in [1.54, 1.807) is 0 Å². The zero-order chi connectivity index (χ0) is 33.6. The Bertz CT molecular complexity index is 1640. The molecule has 4 rings (SSSR count). The van der Waals surface area contributed by atoms with Crippen molar-refractivity contribution in [3.8, 4) is 11.3 Å².